The Bertz CT molecular complexity index is 750. The molecule has 2 saturated heterocycles. The molecule has 0 spiro atoms. The number of guanidine groups is 1. The van der Waals surface area contributed by atoms with Gasteiger partial charge in [0, 0.05) is 37.7 Å². The van der Waals surface area contributed by atoms with Gasteiger partial charge < -0.3 is 19.9 Å². The molecule has 0 radical (unpaired) electrons. The van der Waals surface area contributed by atoms with Gasteiger partial charge in [0.15, 0.2) is 0 Å². The highest BCUT2D eigenvalue weighted by Gasteiger charge is 2.38. The summed E-state index contributed by atoms with van der Waals surface area (Å²) in [6, 6.07) is 1.73. The summed E-state index contributed by atoms with van der Waals surface area (Å²) in [5, 5.41) is 15.8. The Kier molecular flexibility index (Phi) is 10.3. The lowest BCUT2D eigenvalue weighted by atomic mass is 9.84. The van der Waals surface area contributed by atoms with Gasteiger partial charge in [-0.3, -0.25) is 10.1 Å². The van der Waals surface area contributed by atoms with Gasteiger partial charge in [-0.1, -0.05) is 32.1 Å². The maximum absolute atomic E-state index is 13.6. The minimum absolute atomic E-state index is 0.216. The number of hydrogen-bond donors (Lipinski definition) is 2. The summed E-state index contributed by atoms with van der Waals surface area (Å²) in [6.45, 7) is 5.07. The van der Waals surface area contributed by atoms with Crippen LogP contribution in [-0.2, 0) is 9.53 Å². The number of amides is 2. The monoisotopic (exact) mass is 492 g/mol. The van der Waals surface area contributed by atoms with E-state index < -0.39 is 17.7 Å². The van der Waals surface area contributed by atoms with Gasteiger partial charge in [-0.25, -0.2) is 9.79 Å². The number of alkyl carbamates (subject to hydrolysis) is 1. The number of thioether (sulfide) groups is 1. The lowest BCUT2D eigenvalue weighted by Crippen LogP contribution is -2.56. The summed E-state index contributed by atoms with van der Waals surface area (Å²) in [6.07, 6.45) is 7.05. The number of nitrogens with zero attached hydrogens (tertiary/aromatic N) is 4. The lowest BCUT2D eigenvalue weighted by molar-refractivity contribution is -0.124. The van der Waals surface area contributed by atoms with Crippen molar-refractivity contribution in [2.75, 3.05) is 51.3 Å². The molecule has 0 bridgehead atoms. The normalized spacial score (nSPS) is 23.0. The molecule has 2 amide bonds. The maximum Gasteiger partial charge on any atom is 0.413 e. The van der Waals surface area contributed by atoms with Gasteiger partial charge >= 0.3 is 6.09 Å². The SMILES string of the molecule is CCOC(=O)NC(=N[C@@H](CC1CCCCC1)C(=O)NC1(C#N)CCN(C)CC1)N1CCSCC1. The Balaban J connectivity index is 1.83. The van der Waals surface area contributed by atoms with Crippen molar-refractivity contribution < 1.29 is 14.3 Å². The number of nitrogens with one attached hydrogen (secondary N) is 2. The zero-order chi connectivity index (χ0) is 24.4. The first-order valence-electron chi connectivity index (χ1n) is 12.7. The van der Waals surface area contributed by atoms with Crippen molar-refractivity contribution in [2.24, 2.45) is 10.9 Å². The first-order chi connectivity index (χ1) is 16.4. The van der Waals surface area contributed by atoms with Crippen LogP contribution < -0.4 is 10.6 Å². The molecule has 0 aromatic heterocycles. The Morgan fingerprint density at radius 2 is 1.85 bits per heavy atom. The number of hydrogen-bond acceptors (Lipinski definition) is 7. The third-order valence-corrected chi connectivity index (χ3v) is 8.02. The third kappa shape index (κ3) is 7.77. The molecular formula is C24H40N6O3S. The Labute approximate surface area is 208 Å². The molecule has 0 aromatic rings. The fourth-order valence-electron chi connectivity index (χ4n) is 4.92. The molecule has 34 heavy (non-hydrogen) atoms. The van der Waals surface area contributed by atoms with Gasteiger partial charge in [0.1, 0.15) is 11.6 Å². The van der Waals surface area contributed by atoms with Gasteiger partial charge in [0.2, 0.25) is 11.9 Å². The number of carbonyl (C=O) groups is 2. The summed E-state index contributed by atoms with van der Waals surface area (Å²) in [5.74, 6) is 2.49. The number of piperidine rings is 1. The summed E-state index contributed by atoms with van der Waals surface area (Å²) < 4.78 is 5.11. The largest absolute Gasteiger partial charge is 0.450 e. The molecule has 2 N–H and O–H groups in total. The van der Waals surface area contributed by atoms with Crippen LogP contribution in [-0.4, -0.2) is 90.7 Å². The second-order valence-electron chi connectivity index (χ2n) is 9.64. The Morgan fingerprint density at radius 1 is 1.18 bits per heavy atom. The minimum Gasteiger partial charge on any atom is -0.450 e. The van der Waals surface area contributed by atoms with Crippen LogP contribution in [0.1, 0.15) is 58.3 Å². The molecule has 3 aliphatic rings. The minimum atomic E-state index is -0.861. The number of nitriles is 1. The Hall–Kier alpha value is -1.99. The van der Waals surface area contributed by atoms with E-state index in [4.69, 9.17) is 9.73 Å². The van der Waals surface area contributed by atoms with Crippen molar-refractivity contribution in [3.05, 3.63) is 0 Å². The van der Waals surface area contributed by atoms with Crippen molar-refractivity contribution in [1.29, 1.82) is 5.26 Å². The third-order valence-electron chi connectivity index (χ3n) is 7.08. The first kappa shape index (κ1) is 26.6. The molecule has 10 heteroatoms. The highest BCUT2D eigenvalue weighted by atomic mass is 32.2. The fraction of sp³-hybridized carbons (Fsp3) is 0.833. The molecule has 1 saturated carbocycles. The standard InChI is InChI=1S/C24H40N6O3S/c1-3-33-23(32)27-22(30-13-15-34-16-14-30)26-20(17-19-7-5-4-6-8-19)21(31)28-24(18-25)9-11-29(2)12-10-24/h19-20H,3-17H2,1-2H3,(H,28,31)(H,26,27,32)/t20-/m0/s1. The summed E-state index contributed by atoms with van der Waals surface area (Å²) >= 11 is 1.86. The van der Waals surface area contributed by atoms with E-state index in [1.807, 2.05) is 23.7 Å². The summed E-state index contributed by atoms with van der Waals surface area (Å²) in [5.41, 5.74) is -0.861. The van der Waals surface area contributed by atoms with Crippen molar-refractivity contribution >= 4 is 29.7 Å². The Morgan fingerprint density at radius 3 is 2.47 bits per heavy atom. The molecule has 2 aliphatic heterocycles. The van der Waals surface area contributed by atoms with Gasteiger partial charge in [0.05, 0.1) is 12.7 Å². The van der Waals surface area contributed by atoms with Crippen LogP contribution in [0.3, 0.4) is 0 Å². The average molecular weight is 493 g/mol. The van der Waals surface area contributed by atoms with Crippen LogP contribution in [0.25, 0.3) is 0 Å². The van der Waals surface area contributed by atoms with E-state index in [1.165, 1.54) is 19.3 Å². The van der Waals surface area contributed by atoms with E-state index in [2.05, 4.69) is 21.6 Å². The van der Waals surface area contributed by atoms with Crippen molar-refractivity contribution in [3.63, 3.8) is 0 Å². The number of likely N-dealkylation sites (tertiary alicyclic amines) is 1. The van der Waals surface area contributed by atoms with Gasteiger partial charge in [-0.2, -0.15) is 17.0 Å². The molecule has 9 nitrogen and oxygen atoms in total. The van der Waals surface area contributed by atoms with Crippen LogP contribution >= 0.6 is 11.8 Å². The van der Waals surface area contributed by atoms with Crippen LogP contribution in [0.2, 0.25) is 0 Å². The zero-order valence-electron chi connectivity index (χ0n) is 20.7. The topological polar surface area (TPSA) is 110 Å². The molecule has 3 fully saturated rings. The fourth-order valence-corrected chi connectivity index (χ4v) is 5.82. The van der Waals surface area contributed by atoms with E-state index in [0.717, 1.165) is 50.5 Å². The van der Waals surface area contributed by atoms with Crippen LogP contribution in [0.15, 0.2) is 4.99 Å². The molecule has 2 heterocycles. The average Bonchev–Trinajstić information content (AvgIpc) is 2.86. The second kappa shape index (κ2) is 13.2. The van der Waals surface area contributed by atoms with E-state index in [9.17, 15) is 14.9 Å². The molecule has 0 aromatic carbocycles. The van der Waals surface area contributed by atoms with E-state index in [1.54, 1.807) is 6.92 Å². The van der Waals surface area contributed by atoms with Crippen LogP contribution in [0.5, 0.6) is 0 Å². The van der Waals surface area contributed by atoms with Crippen LogP contribution in [0, 0.1) is 17.2 Å². The summed E-state index contributed by atoms with van der Waals surface area (Å²) in [4.78, 5) is 35.0. The summed E-state index contributed by atoms with van der Waals surface area (Å²) in [7, 11) is 2.03. The van der Waals surface area contributed by atoms with Crippen molar-refractivity contribution in [1.82, 2.24) is 20.4 Å². The van der Waals surface area contributed by atoms with E-state index >= 15 is 0 Å². The molecule has 1 atom stereocenters. The molecular weight excluding hydrogens is 452 g/mol. The number of aliphatic imine (C=N–C) groups is 1. The lowest BCUT2D eigenvalue weighted by Gasteiger charge is -2.37. The molecule has 0 unspecified atom stereocenters. The van der Waals surface area contributed by atoms with E-state index in [-0.39, 0.29) is 12.5 Å². The molecule has 1 aliphatic carbocycles. The number of carbonyl (C=O) groups excluding carboxylic acids is 2. The zero-order valence-corrected chi connectivity index (χ0v) is 21.5. The smallest absolute Gasteiger partial charge is 0.413 e. The maximum atomic E-state index is 13.6. The van der Waals surface area contributed by atoms with Gasteiger partial charge in [0.25, 0.3) is 0 Å². The molecule has 3 rings (SSSR count). The second-order valence-corrected chi connectivity index (χ2v) is 10.9. The quantitative estimate of drug-likeness (QED) is 0.433. The number of ether oxygens (including phenoxy) is 1. The van der Waals surface area contributed by atoms with Crippen LogP contribution in [0.4, 0.5) is 4.79 Å². The first-order valence-corrected chi connectivity index (χ1v) is 13.9. The van der Waals surface area contributed by atoms with Crippen molar-refractivity contribution in [3.8, 4) is 6.07 Å². The predicted molar refractivity (Wildman–Crippen MR) is 135 cm³/mol. The van der Waals surface area contributed by atoms with Gasteiger partial charge in [-0.05, 0) is 39.2 Å². The number of rotatable bonds is 6. The van der Waals surface area contributed by atoms with Gasteiger partial charge in [-0.15, -0.1) is 0 Å². The van der Waals surface area contributed by atoms with Crippen molar-refractivity contribution in [2.45, 2.75) is 69.9 Å². The predicted octanol–water partition coefficient (Wildman–Crippen LogP) is 2.58. The molecule has 190 valence electrons. The van der Waals surface area contributed by atoms with E-state index in [0.29, 0.717) is 31.1 Å². The highest BCUT2D eigenvalue weighted by molar-refractivity contribution is 7.99. The highest BCUT2D eigenvalue weighted by Crippen LogP contribution is 2.29.